The first-order valence-corrected chi connectivity index (χ1v) is 15.8. The summed E-state index contributed by atoms with van der Waals surface area (Å²) in [6, 6.07) is 15.3. The number of hydrogen-bond donors (Lipinski definition) is 1. The lowest BCUT2D eigenvalue weighted by molar-refractivity contribution is 0.626. The van der Waals surface area contributed by atoms with Crippen LogP contribution in [0.3, 0.4) is 0 Å². The summed E-state index contributed by atoms with van der Waals surface area (Å²) in [7, 11) is 0.843. The van der Waals surface area contributed by atoms with E-state index in [1.165, 1.54) is 45.3 Å². The number of nitrogens with zero attached hydrogens (tertiary/aromatic N) is 1. The number of aryl methyl sites for hydroxylation is 2. The number of benzene rings is 2. The van der Waals surface area contributed by atoms with E-state index in [2.05, 4.69) is 114 Å². The Balaban J connectivity index is 0. The van der Waals surface area contributed by atoms with Crippen molar-refractivity contribution in [2.75, 3.05) is 6.66 Å². The molecule has 0 amide bonds. The Hall–Kier alpha value is -2.75. The zero-order valence-corrected chi connectivity index (χ0v) is 27.9. The first kappa shape index (κ1) is 38.4. The van der Waals surface area contributed by atoms with E-state index in [1.54, 1.807) is 6.92 Å². The molecule has 1 aliphatic rings. The molecule has 1 atom stereocenters. The molecule has 3 rings (SSSR count). The van der Waals surface area contributed by atoms with E-state index in [0.717, 1.165) is 32.9 Å². The molecule has 0 aromatic heterocycles. The molecule has 0 saturated heterocycles. The summed E-state index contributed by atoms with van der Waals surface area (Å²) >= 11 is 0. The Labute approximate surface area is 243 Å². The summed E-state index contributed by atoms with van der Waals surface area (Å²) in [5.74, 6) is 3.13. The van der Waals surface area contributed by atoms with Crippen LogP contribution in [0.4, 0.5) is 0 Å². The summed E-state index contributed by atoms with van der Waals surface area (Å²) in [5, 5.41) is 8.63. The third-order valence-electron chi connectivity index (χ3n) is 6.22. The summed E-state index contributed by atoms with van der Waals surface area (Å²) in [4.78, 5) is 4.44. The standard InChI is InChI=1S/C19H19N.C7H14NP.C5H12.C3H4.C2H6/c1-3-15-13-16(19-9-6-12-20-19)10-11-18(15)17-8-5-4-7-14(17)2;1-5(6(2)8)7(3)9-4;1-4-5(2)3;1-3-2;1-2/h4-8,10-13H,3,9H2,1-2H3;8-9H,1-4H3;5H,4H2,1-3H3;1H,2H3;1-2H3/b;7-5+,8-6?;;;. The fraction of sp³-hybridized carbons (Fsp3) is 0.444. The van der Waals surface area contributed by atoms with Crippen molar-refractivity contribution in [1.29, 1.82) is 5.41 Å². The Bertz CT molecular complexity index is 1110. The SMILES string of the molecule is C#CC.CC.CCC(C)C.CCc1cc(C2=NC=CC2)ccc1-c1ccccc1C.CP/C(C)=C(\C)C(C)=N. The van der Waals surface area contributed by atoms with Crippen molar-refractivity contribution in [2.45, 2.75) is 95.4 Å². The van der Waals surface area contributed by atoms with Gasteiger partial charge in [0.05, 0.1) is 5.71 Å². The summed E-state index contributed by atoms with van der Waals surface area (Å²) in [6.07, 6.45) is 11.9. The Morgan fingerprint density at radius 3 is 2.00 bits per heavy atom. The van der Waals surface area contributed by atoms with Gasteiger partial charge in [0.15, 0.2) is 0 Å². The normalized spacial score (nSPS) is 11.8. The minimum atomic E-state index is 0.696. The van der Waals surface area contributed by atoms with Crippen LogP contribution in [0.15, 0.2) is 70.6 Å². The summed E-state index contributed by atoms with van der Waals surface area (Å²) in [6.45, 7) is 24.8. The number of nitrogens with one attached hydrogen (secondary N) is 1. The second-order valence-corrected chi connectivity index (χ2v) is 10.7. The van der Waals surface area contributed by atoms with Gasteiger partial charge in [0.25, 0.3) is 0 Å². The molecule has 1 unspecified atom stereocenters. The molecule has 2 aromatic rings. The van der Waals surface area contributed by atoms with E-state index < -0.39 is 0 Å². The number of aliphatic imine (C=N–C) groups is 1. The molecule has 214 valence electrons. The van der Waals surface area contributed by atoms with Gasteiger partial charge in [-0.25, -0.2) is 0 Å². The van der Waals surface area contributed by atoms with Crippen LogP contribution >= 0.6 is 8.58 Å². The molecule has 0 radical (unpaired) electrons. The Morgan fingerprint density at radius 1 is 1.05 bits per heavy atom. The molecule has 0 fully saturated rings. The van der Waals surface area contributed by atoms with E-state index >= 15 is 0 Å². The molecular weight excluding hydrogens is 491 g/mol. The Morgan fingerprint density at radius 2 is 1.62 bits per heavy atom. The molecule has 0 aliphatic carbocycles. The van der Waals surface area contributed by atoms with Crippen molar-refractivity contribution in [3.05, 3.63) is 82.3 Å². The van der Waals surface area contributed by atoms with Crippen molar-refractivity contribution in [1.82, 2.24) is 0 Å². The van der Waals surface area contributed by atoms with Crippen LogP contribution in [-0.2, 0) is 6.42 Å². The van der Waals surface area contributed by atoms with Gasteiger partial charge in [-0.15, -0.1) is 12.3 Å². The molecular formula is C36H55N2P. The highest BCUT2D eigenvalue weighted by atomic mass is 31.1. The predicted molar refractivity (Wildman–Crippen MR) is 183 cm³/mol. The molecule has 0 saturated carbocycles. The minimum Gasteiger partial charge on any atom is -0.305 e. The van der Waals surface area contributed by atoms with Gasteiger partial charge in [0.2, 0.25) is 0 Å². The third kappa shape index (κ3) is 15.4. The van der Waals surface area contributed by atoms with E-state index in [0.29, 0.717) is 5.71 Å². The monoisotopic (exact) mass is 546 g/mol. The molecule has 1 heterocycles. The Kier molecular flexibility index (Phi) is 22.8. The zero-order chi connectivity index (χ0) is 30.4. The van der Waals surface area contributed by atoms with Crippen LogP contribution in [-0.4, -0.2) is 18.1 Å². The van der Waals surface area contributed by atoms with Crippen LogP contribution < -0.4 is 0 Å². The van der Waals surface area contributed by atoms with Crippen LogP contribution in [0.5, 0.6) is 0 Å². The molecule has 1 aliphatic heterocycles. The largest absolute Gasteiger partial charge is 0.305 e. The highest BCUT2D eigenvalue weighted by Crippen LogP contribution is 2.29. The lowest BCUT2D eigenvalue weighted by Gasteiger charge is -2.13. The van der Waals surface area contributed by atoms with Gasteiger partial charge in [0, 0.05) is 18.3 Å². The average molecular weight is 547 g/mol. The number of hydrogen-bond acceptors (Lipinski definition) is 2. The van der Waals surface area contributed by atoms with Crippen molar-refractivity contribution < 1.29 is 0 Å². The lowest BCUT2D eigenvalue weighted by atomic mass is 9.92. The summed E-state index contributed by atoms with van der Waals surface area (Å²) in [5.41, 5.74) is 9.68. The predicted octanol–water partition coefficient (Wildman–Crippen LogP) is 11.3. The minimum absolute atomic E-state index is 0.696. The molecule has 0 bridgehead atoms. The van der Waals surface area contributed by atoms with Gasteiger partial charge in [-0.3, -0.25) is 4.99 Å². The summed E-state index contributed by atoms with van der Waals surface area (Å²) < 4.78 is 0. The number of terminal acetylenes is 1. The molecule has 2 nitrogen and oxygen atoms in total. The van der Waals surface area contributed by atoms with Gasteiger partial charge in [0.1, 0.15) is 0 Å². The molecule has 1 N–H and O–H groups in total. The average Bonchev–Trinajstić information content (AvgIpc) is 3.49. The molecule has 0 spiro atoms. The van der Waals surface area contributed by atoms with E-state index in [1.807, 2.05) is 33.9 Å². The lowest BCUT2D eigenvalue weighted by Crippen LogP contribution is -1.99. The van der Waals surface area contributed by atoms with Crippen LogP contribution in [0.25, 0.3) is 11.1 Å². The van der Waals surface area contributed by atoms with Crippen molar-refractivity contribution >= 4 is 20.0 Å². The maximum absolute atomic E-state index is 7.28. The zero-order valence-electron chi connectivity index (χ0n) is 26.9. The van der Waals surface area contributed by atoms with Crippen molar-refractivity contribution in [3.63, 3.8) is 0 Å². The molecule has 39 heavy (non-hydrogen) atoms. The highest BCUT2D eigenvalue weighted by molar-refractivity contribution is 7.42. The van der Waals surface area contributed by atoms with Crippen LogP contribution in [0.2, 0.25) is 0 Å². The first-order chi connectivity index (χ1) is 18.6. The highest BCUT2D eigenvalue weighted by Gasteiger charge is 2.10. The second kappa shape index (κ2) is 23.2. The maximum Gasteiger partial charge on any atom is 0.0514 e. The van der Waals surface area contributed by atoms with Gasteiger partial charge >= 0.3 is 0 Å². The van der Waals surface area contributed by atoms with Crippen LogP contribution in [0.1, 0.15) is 98.8 Å². The van der Waals surface area contributed by atoms with E-state index in [4.69, 9.17) is 5.41 Å². The van der Waals surface area contributed by atoms with Gasteiger partial charge < -0.3 is 5.41 Å². The molecule has 2 aromatic carbocycles. The topological polar surface area (TPSA) is 36.2 Å². The number of rotatable bonds is 6. The van der Waals surface area contributed by atoms with Crippen molar-refractivity contribution in [3.8, 4) is 23.5 Å². The first-order valence-electron chi connectivity index (χ1n) is 14.3. The third-order valence-corrected chi connectivity index (χ3v) is 7.34. The fourth-order valence-corrected chi connectivity index (χ4v) is 3.79. The van der Waals surface area contributed by atoms with Gasteiger partial charge in [-0.1, -0.05) is 99.0 Å². The van der Waals surface area contributed by atoms with Crippen LogP contribution in [0, 0.1) is 30.6 Å². The quantitative estimate of drug-likeness (QED) is 0.212. The van der Waals surface area contributed by atoms with Gasteiger partial charge in [-0.2, -0.15) is 0 Å². The fourth-order valence-electron chi connectivity index (χ4n) is 3.22. The smallest absolute Gasteiger partial charge is 0.0514 e. The second-order valence-electron chi connectivity index (χ2n) is 9.42. The van der Waals surface area contributed by atoms with E-state index in [9.17, 15) is 0 Å². The maximum atomic E-state index is 7.28. The van der Waals surface area contributed by atoms with E-state index in [-0.39, 0.29) is 0 Å². The molecule has 3 heteroatoms. The van der Waals surface area contributed by atoms with Crippen molar-refractivity contribution in [2.24, 2.45) is 10.9 Å². The number of allylic oxidation sites excluding steroid dienone is 3. The van der Waals surface area contributed by atoms with Gasteiger partial charge in [-0.05, 0) is 98.4 Å².